The van der Waals surface area contributed by atoms with Gasteiger partial charge in [0.05, 0.1) is 17.3 Å². The number of pyridine rings is 1. The summed E-state index contributed by atoms with van der Waals surface area (Å²) in [6.45, 7) is 1.95. The number of amides is 1. The third-order valence-electron chi connectivity index (χ3n) is 6.60. The summed E-state index contributed by atoms with van der Waals surface area (Å²) < 4.78 is 1.94. The largest absolute Gasteiger partial charge is 0.324 e. The Labute approximate surface area is 147 Å². The average molecular weight is 336 g/mol. The molecule has 0 radical (unpaired) electrons. The fourth-order valence-electron chi connectivity index (χ4n) is 5.88. The Bertz CT molecular complexity index is 772. The second kappa shape index (κ2) is 5.41. The highest BCUT2D eigenvalue weighted by Gasteiger charge is 2.54. The van der Waals surface area contributed by atoms with E-state index >= 15 is 0 Å². The molecular weight excluding hydrogens is 312 g/mol. The van der Waals surface area contributed by atoms with Crippen LogP contribution in [-0.2, 0) is 4.79 Å². The van der Waals surface area contributed by atoms with Crippen molar-refractivity contribution >= 4 is 11.6 Å². The quantitative estimate of drug-likeness (QED) is 0.929. The van der Waals surface area contributed by atoms with E-state index in [1.54, 1.807) is 12.4 Å². The van der Waals surface area contributed by atoms with Gasteiger partial charge in [0.15, 0.2) is 0 Å². The Morgan fingerprint density at radius 3 is 2.32 bits per heavy atom. The third-order valence-corrected chi connectivity index (χ3v) is 6.60. The molecule has 0 aromatic carbocycles. The number of aromatic nitrogens is 3. The molecule has 4 aliphatic rings. The summed E-state index contributed by atoms with van der Waals surface area (Å²) in [5.74, 6) is 4.28. The minimum absolute atomic E-state index is 0.117. The molecule has 2 aromatic heterocycles. The van der Waals surface area contributed by atoms with E-state index in [0.29, 0.717) is 0 Å². The Hall–Kier alpha value is -2.17. The first-order chi connectivity index (χ1) is 12.1. The summed E-state index contributed by atoms with van der Waals surface area (Å²) in [5, 5.41) is 3.16. The van der Waals surface area contributed by atoms with Crippen molar-refractivity contribution in [3.05, 3.63) is 36.5 Å². The summed E-state index contributed by atoms with van der Waals surface area (Å²) >= 11 is 0. The summed E-state index contributed by atoms with van der Waals surface area (Å²) in [4.78, 5) is 21.8. The lowest BCUT2D eigenvalue weighted by molar-refractivity contribution is -0.140. The number of aryl methyl sites for hydroxylation is 1. The Morgan fingerprint density at radius 2 is 1.80 bits per heavy atom. The van der Waals surface area contributed by atoms with Gasteiger partial charge in [0.25, 0.3) is 0 Å². The molecule has 5 nitrogen and oxygen atoms in total. The number of imidazole rings is 1. The number of anilines is 1. The van der Waals surface area contributed by atoms with Crippen LogP contribution in [-0.4, -0.2) is 20.4 Å². The smallest absolute Gasteiger partial charge is 0.230 e. The van der Waals surface area contributed by atoms with Crippen LogP contribution < -0.4 is 5.32 Å². The van der Waals surface area contributed by atoms with Crippen LogP contribution in [0.1, 0.15) is 44.3 Å². The molecule has 0 unspecified atom stereocenters. The van der Waals surface area contributed by atoms with Crippen LogP contribution in [0.5, 0.6) is 0 Å². The van der Waals surface area contributed by atoms with Crippen molar-refractivity contribution in [2.45, 2.75) is 45.4 Å². The summed E-state index contributed by atoms with van der Waals surface area (Å²) in [7, 11) is 0. The van der Waals surface area contributed by atoms with Crippen molar-refractivity contribution in [2.24, 2.45) is 23.2 Å². The first kappa shape index (κ1) is 15.1. The van der Waals surface area contributed by atoms with E-state index in [4.69, 9.17) is 0 Å². The molecule has 130 valence electrons. The zero-order valence-corrected chi connectivity index (χ0v) is 14.6. The fraction of sp³-hybridized carbons (Fsp3) is 0.550. The molecule has 2 heterocycles. The van der Waals surface area contributed by atoms with Gasteiger partial charge in [-0.3, -0.25) is 9.36 Å². The van der Waals surface area contributed by atoms with Gasteiger partial charge in [-0.15, -0.1) is 0 Å². The van der Waals surface area contributed by atoms with Crippen LogP contribution in [0.15, 0.2) is 30.7 Å². The maximum atomic E-state index is 13.1. The molecule has 4 bridgehead atoms. The van der Waals surface area contributed by atoms with Gasteiger partial charge < -0.3 is 5.32 Å². The van der Waals surface area contributed by atoms with Gasteiger partial charge in [0, 0.05) is 12.4 Å². The van der Waals surface area contributed by atoms with Crippen molar-refractivity contribution in [3.63, 3.8) is 0 Å². The van der Waals surface area contributed by atoms with Gasteiger partial charge in [-0.25, -0.2) is 9.97 Å². The van der Waals surface area contributed by atoms with E-state index in [-0.39, 0.29) is 11.3 Å². The summed E-state index contributed by atoms with van der Waals surface area (Å²) in [5.41, 5.74) is 0.677. The zero-order valence-electron chi connectivity index (χ0n) is 14.6. The number of carbonyl (C=O) groups is 1. The minimum Gasteiger partial charge on any atom is -0.324 e. The van der Waals surface area contributed by atoms with Gasteiger partial charge in [-0.1, -0.05) is 0 Å². The molecule has 25 heavy (non-hydrogen) atoms. The van der Waals surface area contributed by atoms with Crippen LogP contribution in [0.25, 0.3) is 5.82 Å². The van der Waals surface area contributed by atoms with Crippen molar-refractivity contribution in [1.29, 1.82) is 0 Å². The van der Waals surface area contributed by atoms with Gasteiger partial charge >= 0.3 is 0 Å². The van der Waals surface area contributed by atoms with Crippen molar-refractivity contribution < 1.29 is 4.79 Å². The second-order valence-electron chi connectivity index (χ2n) is 8.40. The molecule has 2 aromatic rings. The molecular formula is C20H24N4O. The standard InChI is InChI=1S/C20H24N4O/c1-13-21-4-5-24(13)18-3-2-17(12-22-18)23-19(25)20-9-14-6-15(10-20)8-16(7-14)11-20/h2-5,12,14-16H,6-11H2,1H3,(H,23,25). The summed E-state index contributed by atoms with van der Waals surface area (Å²) in [6, 6.07) is 3.88. The Kier molecular flexibility index (Phi) is 3.27. The van der Waals surface area contributed by atoms with Crippen LogP contribution in [0.4, 0.5) is 5.69 Å². The number of nitrogens with one attached hydrogen (secondary N) is 1. The van der Waals surface area contributed by atoms with E-state index in [2.05, 4.69) is 15.3 Å². The topological polar surface area (TPSA) is 59.8 Å². The van der Waals surface area contributed by atoms with Gasteiger partial charge in [0.1, 0.15) is 11.6 Å². The van der Waals surface area contributed by atoms with E-state index in [1.165, 1.54) is 19.3 Å². The Balaban J connectivity index is 1.34. The first-order valence-corrected chi connectivity index (χ1v) is 9.39. The van der Waals surface area contributed by atoms with Gasteiger partial charge in [0.2, 0.25) is 5.91 Å². The van der Waals surface area contributed by atoms with Gasteiger partial charge in [-0.05, 0) is 75.3 Å². The maximum Gasteiger partial charge on any atom is 0.230 e. The van der Waals surface area contributed by atoms with E-state index in [1.807, 2.05) is 29.8 Å². The van der Waals surface area contributed by atoms with E-state index in [9.17, 15) is 4.79 Å². The lowest BCUT2D eigenvalue weighted by Crippen LogP contribution is -2.51. The molecule has 4 saturated carbocycles. The molecule has 0 spiro atoms. The number of hydrogen-bond acceptors (Lipinski definition) is 3. The second-order valence-corrected chi connectivity index (χ2v) is 8.40. The molecule has 4 fully saturated rings. The van der Waals surface area contributed by atoms with E-state index < -0.39 is 0 Å². The maximum absolute atomic E-state index is 13.1. The van der Waals surface area contributed by atoms with Crippen LogP contribution in [0.2, 0.25) is 0 Å². The van der Waals surface area contributed by atoms with Crippen molar-refractivity contribution in [3.8, 4) is 5.82 Å². The van der Waals surface area contributed by atoms with Crippen LogP contribution in [0, 0.1) is 30.1 Å². The molecule has 1 amide bonds. The predicted octanol–water partition coefficient (Wildman–Crippen LogP) is 3.73. The fourth-order valence-corrected chi connectivity index (χ4v) is 5.88. The van der Waals surface area contributed by atoms with E-state index in [0.717, 1.165) is 54.3 Å². The number of nitrogens with zero attached hydrogens (tertiary/aromatic N) is 3. The highest BCUT2D eigenvalue weighted by molar-refractivity contribution is 5.95. The lowest BCUT2D eigenvalue weighted by Gasteiger charge is -2.55. The monoisotopic (exact) mass is 336 g/mol. The molecule has 0 saturated heterocycles. The summed E-state index contributed by atoms with van der Waals surface area (Å²) in [6.07, 6.45) is 12.7. The molecule has 6 rings (SSSR count). The zero-order chi connectivity index (χ0) is 17.0. The minimum atomic E-state index is -0.117. The van der Waals surface area contributed by atoms with Gasteiger partial charge in [-0.2, -0.15) is 0 Å². The normalized spacial score (nSPS) is 32.8. The predicted molar refractivity (Wildman–Crippen MR) is 95.3 cm³/mol. The van der Waals surface area contributed by atoms with Crippen LogP contribution >= 0.6 is 0 Å². The van der Waals surface area contributed by atoms with Crippen LogP contribution in [0.3, 0.4) is 0 Å². The lowest BCUT2D eigenvalue weighted by atomic mass is 9.49. The average Bonchev–Trinajstić information content (AvgIpc) is 3.00. The van der Waals surface area contributed by atoms with Crippen molar-refractivity contribution in [1.82, 2.24) is 14.5 Å². The van der Waals surface area contributed by atoms with Crippen molar-refractivity contribution in [2.75, 3.05) is 5.32 Å². The number of carbonyl (C=O) groups excluding carboxylic acids is 1. The SMILES string of the molecule is Cc1nccn1-c1ccc(NC(=O)C23CC4CC(CC(C4)C2)C3)cn1. The molecule has 4 aliphatic carbocycles. The molecule has 5 heteroatoms. The number of hydrogen-bond donors (Lipinski definition) is 1. The molecule has 0 atom stereocenters. The number of rotatable bonds is 3. The highest BCUT2D eigenvalue weighted by Crippen LogP contribution is 2.60. The third kappa shape index (κ3) is 2.48. The molecule has 0 aliphatic heterocycles. The first-order valence-electron chi connectivity index (χ1n) is 9.39. The molecule has 1 N–H and O–H groups in total. The Morgan fingerprint density at radius 1 is 1.12 bits per heavy atom. The highest BCUT2D eigenvalue weighted by atomic mass is 16.2.